The molecule has 0 unspecified atom stereocenters. The van der Waals surface area contributed by atoms with E-state index in [1.807, 2.05) is 11.4 Å². The molecular formula is C12H14O3S. The first kappa shape index (κ1) is 11.3. The van der Waals surface area contributed by atoms with Crippen LogP contribution in [0.4, 0.5) is 0 Å². The van der Waals surface area contributed by atoms with Gasteiger partial charge in [0.25, 0.3) is 0 Å². The van der Waals surface area contributed by atoms with Crippen molar-refractivity contribution < 1.29 is 14.7 Å². The van der Waals surface area contributed by atoms with Gasteiger partial charge in [-0.1, -0.05) is 18.9 Å². The molecule has 4 heteroatoms. The number of rotatable bonds is 3. The first-order chi connectivity index (χ1) is 7.70. The minimum absolute atomic E-state index is 0.0158. The van der Waals surface area contributed by atoms with Crippen LogP contribution in [0.3, 0.4) is 0 Å². The highest BCUT2D eigenvalue weighted by atomic mass is 32.1. The van der Waals surface area contributed by atoms with Gasteiger partial charge < -0.3 is 5.11 Å². The largest absolute Gasteiger partial charge is 0.481 e. The van der Waals surface area contributed by atoms with E-state index in [1.165, 1.54) is 11.3 Å². The summed E-state index contributed by atoms with van der Waals surface area (Å²) >= 11 is 1.40. The van der Waals surface area contributed by atoms with Gasteiger partial charge in [0.05, 0.1) is 10.8 Å². The predicted octanol–water partition coefficient (Wildman–Crippen LogP) is 2.82. The Morgan fingerprint density at radius 1 is 1.25 bits per heavy atom. The molecule has 0 saturated heterocycles. The molecule has 3 nitrogen and oxygen atoms in total. The monoisotopic (exact) mass is 238 g/mol. The van der Waals surface area contributed by atoms with Gasteiger partial charge in [-0.2, -0.15) is 0 Å². The van der Waals surface area contributed by atoms with Crippen LogP contribution in [-0.2, 0) is 4.79 Å². The highest BCUT2D eigenvalue weighted by Gasteiger charge is 2.36. The summed E-state index contributed by atoms with van der Waals surface area (Å²) in [7, 11) is 0. The lowest BCUT2D eigenvalue weighted by atomic mass is 9.76. The Hall–Kier alpha value is -1.16. The molecule has 0 radical (unpaired) electrons. The van der Waals surface area contributed by atoms with Crippen LogP contribution >= 0.6 is 11.3 Å². The number of carbonyl (C=O) groups is 2. The number of hydrogen-bond donors (Lipinski definition) is 1. The number of carboxylic acids is 1. The minimum Gasteiger partial charge on any atom is -0.481 e. The van der Waals surface area contributed by atoms with Crippen LogP contribution in [0.15, 0.2) is 17.5 Å². The van der Waals surface area contributed by atoms with E-state index in [9.17, 15) is 9.59 Å². The molecule has 1 heterocycles. The molecule has 0 aromatic carbocycles. The number of hydrogen-bond acceptors (Lipinski definition) is 3. The molecule has 0 bridgehead atoms. The van der Waals surface area contributed by atoms with Crippen molar-refractivity contribution in [2.24, 2.45) is 11.8 Å². The molecule has 0 aliphatic heterocycles. The van der Waals surface area contributed by atoms with Gasteiger partial charge in [0, 0.05) is 5.92 Å². The van der Waals surface area contributed by atoms with E-state index in [2.05, 4.69) is 0 Å². The molecule has 2 atom stereocenters. The van der Waals surface area contributed by atoms with Crippen LogP contribution in [0, 0.1) is 11.8 Å². The Kier molecular flexibility index (Phi) is 3.39. The number of ketones is 1. The number of aliphatic carboxylic acids is 1. The molecule has 1 aromatic heterocycles. The van der Waals surface area contributed by atoms with Gasteiger partial charge in [-0.3, -0.25) is 9.59 Å². The molecule has 1 aromatic rings. The van der Waals surface area contributed by atoms with E-state index < -0.39 is 11.9 Å². The Bertz CT molecular complexity index is 383. The molecule has 1 saturated carbocycles. The summed E-state index contributed by atoms with van der Waals surface area (Å²) in [6.07, 6.45) is 3.24. The zero-order valence-electron chi connectivity index (χ0n) is 8.89. The number of carbonyl (C=O) groups excluding carboxylic acids is 1. The highest BCUT2D eigenvalue weighted by molar-refractivity contribution is 7.12. The second-order valence-electron chi connectivity index (χ2n) is 4.18. The smallest absolute Gasteiger partial charge is 0.307 e. The fourth-order valence-corrected chi connectivity index (χ4v) is 3.07. The second kappa shape index (κ2) is 4.78. The quantitative estimate of drug-likeness (QED) is 0.824. The number of carboxylic acid groups (broad SMARTS) is 1. The number of Topliss-reactive ketones (excluding diaryl/α,β-unsaturated/α-hetero) is 1. The van der Waals surface area contributed by atoms with Crippen molar-refractivity contribution in [3.63, 3.8) is 0 Å². The summed E-state index contributed by atoms with van der Waals surface area (Å²) < 4.78 is 0. The molecule has 86 valence electrons. The van der Waals surface area contributed by atoms with Crippen molar-refractivity contribution in [1.29, 1.82) is 0 Å². The molecule has 1 aliphatic carbocycles. The molecule has 0 amide bonds. The van der Waals surface area contributed by atoms with Gasteiger partial charge in [-0.15, -0.1) is 11.3 Å². The van der Waals surface area contributed by atoms with E-state index >= 15 is 0 Å². The third-order valence-corrected chi connectivity index (χ3v) is 4.07. The summed E-state index contributed by atoms with van der Waals surface area (Å²) in [5.74, 6) is -1.61. The molecule has 1 aliphatic rings. The van der Waals surface area contributed by atoms with E-state index in [1.54, 1.807) is 6.07 Å². The molecule has 0 spiro atoms. The first-order valence-corrected chi connectivity index (χ1v) is 6.38. The molecule has 1 fully saturated rings. The normalized spacial score (nSPS) is 25.2. The van der Waals surface area contributed by atoms with Gasteiger partial charge in [-0.05, 0) is 24.3 Å². The number of thiophene rings is 1. The van der Waals surface area contributed by atoms with Crippen LogP contribution in [0.25, 0.3) is 0 Å². The van der Waals surface area contributed by atoms with Crippen LogP contribution in [0.2, 0.25) is 0 Å². The van der Waals surface area contributed by atoms with Crippen LogP contribution in [-0.4, -0.2) is 16.9 Å². The summed E-state index contributed by atoms with van der Waals surface area (Å²) in [6.45, 7) is 0. The Morgan fingerprint density at radius 3 is 2.50 bits per heavy atom. The molecular weight excluding hydrogens is 224 g/mol. The zero-order valence-corrected chi connectivity index (χ0v) is 9.70. The van der Waals surface area contributed by atoms with Gasteiger partial charge in [-0.25, -0.2) is 0 Å². The average Bonchev–Trinajstić information content (AvgIpc) is 2.81. The summed E-state index contributed by atoms with van der Waals surface area (Å²) in [5.41, 5.74) is 0. The van der Waals surface area contributed by atoms with Crippen molar-refractivity contribution in [3.8, 4) is 0 Å². The van der Waals surface area contributed by atoms with Crippen molar-refractivity contribution in [1.82, 2.24) is 0 Å². The standard InChI is InChI=1S/C12H14O3S/c13-11(10-6-3-7-16-10)8-4-1-2-5-9(8)12(14)15/h3,6-9H,1-2,4-5H2,(H,14,15)/t8-,9-/m0/s1. The fourth-order valence-electron chi connectivity index (χ4n) is 2.34. The third kappa shape index (κ3) is 2.16. The highest BCUT2D eigenvalue weighted by Crippen LogP contribution is 2.33. The predicted molar refractivity (Wildman–Crippen MR) is 61.7 cm³/mol. The third-order valence-electron chi connectivity index (χ3n) is 3.18. The van der Waals surface area contributed by atoms with Crippen molar-refractivity contribution >= 4 is 23.1 Å². The Labute approximate surface area is 98.1 Å². The second-order valence-corrected chi connectivity index (χ2v) is 5.12. The Morgan fingerprint density at radius 2 is 1.94 bits per heavy atom. The van der Waals surface area contributed by atoms with Crippen molar-refractivity contribution in [2.45, 2.75) is 25.7 Å². The van der Waals surface area contributed by atoms with Crippen molar-refractivity contribution in [2.75, 3.05) is 0 Å². The first-order valence-electron chi connectivity index (χ1n) is 5.50. The van der Waals surface area contributed by atoms with E-state index in [-0.39, 0.29) is 11.7 Å². The van der Waals surface area contributed by atoms with Crippen LogP contribution in [0.1, 0.15) is 35.4 Å². The van der Waals surface area contributed by atoms with E-state index in [4.69, 9.17) is 5.11 Å². The van der Waals surface area contributed by atoms with E-state index in [0.717, 1.165) is 12.8 Å². The SMILES string of the molecule is O=C(O)[C@H]1CCCC[C@@H]1C(=O)c1cccs1. The van der Waals surface area contributed by atoms with Crippen LogP contribution < -0.4 is 0 Å². The van der Waals surface area contributed by atoms with Crippen LogP contribution in [0.5, 0.6) is 0 Å². The van der Waals surface area contributed by atoms with Gasteiger partial charge >= 0.3 is 5.97 Å². The zero-order chi connectivity index (χ0) is 11.5. The lowest BCUT2D eigenvalue weighted by Crippen LogP contribution is -2.32. The van der Waals surface area contributed by atoms with Crippen molar-refractivity contribution in [3.05, 3.63) is 22.4 Å². The van der Waals surface area contributed by atoms with E-state index in [0.29, 0.717) is 17.7 Å². The summed E-state index contributed by atoms with van der Waals surface area (Å²) in [4.78, 5) is 23.9. The topological polar surface area (TPSA) is 54.4 Å². The fraction of sp³-hybridized carbons (Fsp3) is 0.500. The Balaban J connectivity index is 2.17. The summed E-state index contributed by atoms with van der Waals surface area (Å²) in [5, 5.41) is 11.0. The molecule has 16 heavy (non-hydrogen) atoms. The maximum Gasteiger partial charge on any atom is 0.307 e. The maximum atomic E-state index is 12.1. The lowest BCUT2D eigenvalue weighted by Gasteiger charge is -2.26. The minimum atomic E-state index is -0.824. The molecule has 1 N–H and O–H groups in total. The lowest BCUT2D eigenvalue weighted by molar-refractivity contribution is -0.144. The van der Waals surface area contributed by atoms with Gasteiger partial charge in [0.15, 0.2) is 5.78 Å². The maximum absolute atomic E-state index is 12.1. The summed E-state index contributed by atoms with van der Waals surface area (Å²) in [6, 6.07) is 3.61. The average molecular weight is 238 g/mol. The van der Waals surface area contributed by atoms with Gasteiger partial charge in [0.1, 0.15) is 0 Å². The molecule has 2 rings (SSSR count). The van der Waals surface area contributed by atoms with Gasteiger partial charge in [0.2, 0.25) is 0 Å².